The minimum atomic E-state index is -1.39. The summed E-state index contributed by atoms with van der Waals surface area (Å²) in [4.78, 5) is 54.5. The number of benzene rings is 2. The number of likely N-dealkylation sites (tertiary alicyclic amines) is 1. The Kier molecular flexibility index (Phi) is 12.2. The van der Waals surface area contributed by atoms with E-state index in [1.807, 2.05) is 25.1 Å². The highest BCUT2D eigenvalue weighted by molar-refractivity contribution is 6.01. The van der Waals surface area contributed by atoms with E-state index in [0.29, 0.717) is 25.3 Å². The van der Waals surface area contributed by atoms with E-state index < -0.39 is 35.7 Å². The monoisotopic (exact) mass is 641 g/mol. The number of carbonyl (C=O) groups excluding carboxylic acids is 4. The van der Waals surface area contributed by atoms with E-state index >= 15 is 0 Å². The lowest BCUT2D eigenvalue weighted by molar-refractivity contribution is -0.137. The summed E-state index contributed by atoms with van der Waals surface area (Å²) in [6.45, 7) is 4.46. The molecule has 0 unspecified atom stereocenters. The number of methoxy groups -OCH3 is 2. The summed E-state index contributed by atoms with van der Waals surface area (Å²) in [6.07, 6.45) is 3.78. The quantitative estimate of drug-likeness (QED) is 0.224. The van der Waals surface area contributed by atoms with Crippen molar-refractivity contribution in [1.29, 1.82) is 0 Å². The van der Waals surface area contributed by atoms with Gasteiger partial charge in [-0.2, -0.15) is 0 Å². The third-order valence-electron chi connectivity index (χ3n) is 8.14. The molecule has 0 bridgehead atoms. The Morgan fingerprint density at radius 3 is 2.46 bits per heavy atom. The van der Waals surface area contributed by atoms with E-state index in [4.69, 9.17) is 9.47 Å². The van der Waals surface area contributed by atoms with E-state index in [1.54, 1.807) is 0 Å². The van der Waals surface area contributed by atoms with Crippen molar-refractivity contribution in [3.63, 3.8) is 0 Å². The number of rotatable bonds is 12. The van der Waals surface area contributed by atoms with Crippen LogP contribution in [0.15, 0.2) is 53.7 Å². The van der Waals surface area contributed by atoms with Gasteiger partial charge in [0, 0.05) is 25.8 Å². The molecule has 2 aliphatic heterocycles. The van der Waals surface area contributed by atoms with Crippen LogP contribution in [0.3, 0.4) is 0 Å². The minimum Gasteiger partial charge on any atom is -0.466 e. The number of anilines is 1. The summed E-state index contributed by atoms with van der Waals surface area (Å²) in [5.74, 6) is -2.79. The maximum Gasteiger partial charge on any atom is 0.338 e. The number of urea groups is 2. The van der Waals surface area contributed by atoms with Gasteiger partial charge in [-0.1, -0.05) is 25.1 Å². The molecule has 46 heavy (non-hydrogen) atoms. The fraction of sp³-hybridized carbons (Fsp3) is 0.455. The fourth-order valence-corrected chi connectivity index (χ4v) is 5.87. The molecule has 4 rings (SSSR count). The Bertz CT molecular complexity index is 1460. The Morgan fingerprint density at radius 2 is 1.78 bits per heavy atom. The molecular weight excluding hydrogens is 600 g/mol. The maximum atomic E-state index is 14.3. The number of carbonyl (C=O) groups is 4. The van der Waals surface area contributed by atoms with Gasteiger partial charge in [0.05, 0.1) is 25.0 Å². The van der Waals surface area contributed by atoms with Crippen LogP contribution < -0.4 is 16.0 Å². The first-order chi connectivity index (χ1) is 22.2. The largest absolute Gasteiger partial charge is 0.466 e. The number of hydrogen-bond acceptors (Lipinski definition) is 7. The Labute approximate surface area is 267 Å². The van der Waals surface area contributed by atoms with Crippen LogP contribution in [-0.4, -0.2) is 80.7 Å². The zero-order valence-electron chi connectivity index (χ0n) is 26.4. The molecule has 0 aliphatic carbocycles. The van der Waals surface area contributed by atoms with Crippen molar-refractivity contribution < 1.29 is 37.4 Å². The zero-order chi connectivity index (χ0) is 33.2. The van der Waals surface area contributed by atoms with Crippen molar-refractivity contribution in [2.24, 2.45) is 0 Å². The van der Waals surface area contributed by atoms with Crippen LogP contribution in [-0.2, 0) is 19.1 Å². The first-order valence-electron chi connectivity index (χ1n) is 15.4. The van der Waals surface area contributed by atoms with Gasteiger partial charge in [-0.05, 0) is 86.6 Å². The molecule has 3 N–H and O–H groups in total. The van der Waals surface area contributed by atoms with Crippen LogP contribution in [0.4, 0.5) is 24.1 Å². The molecule has 1 atom stereocenters. The number of nitrogens with one attached hydrogen (secondary N) is 3. The summed E-state index contributed by atoms with van der Waals surface area (Å²) in [6, 6.07) is 7.86. The summed E-state index contributed by atoms with van der Waals surface area (Å²) in [5, 5.41) is 8.19. The molecule has 5 amide bonds. The smallest absolute Gasteiger partial charge is 0.338 e. The first kappa shape index (κ1) is 34.5. The minimum absolute atomic E-state index is 0.00894. The number of hydrogen-bond donors (Lipinski definition) is 3. The SMILES string of the molecule is CCCC(=O)Nc1cccc(C2CCN(CCCNC(=O)N3C(=O)NC(COC)=C(C(=O)OC)[C@@H]3c3ccc(F)c(F)c3)CC2)c1. The molecule has 13 heteroatoms. The molecule has 2 aromatic carbocycles. The fourth-order valence-electron chi connectivity index (χ4n) is 5.87. The van der Waals surface area contributed by atoms with Gasteiger partial charge in [0.15, 0.2) is 11.6 Å². The lowest BCUT2D eigenvalue weighted by atomic mass is 9.89. The van der Waals surface area contributed by atoms with Crippen molar-refractivity contribution in [2.45, 2.75) is 51.0 Å². The van der Waals surface area contributed by atoms with E-state index in [2.05, 4.69) is 26.9 Å². The molecule has 11 nitrogen and oxygen atoms in total. The maximum absolute atomic E-state index is 14.3. The molecule has 0 spiro atoms. The molecule has 2 aliphatic rings. The van der Waals surface area contributed by atoms with Gasteiger partial charge in [-0.15, -0.1) is 0 Å². The van der Waals surface area contributed by atoms with E-state index in [9.17, 15) is 28.0 Å². The average Bonchev–Trinajstić information content (AvgIpc) is 3.04. The summed E-state index contributed by atoms with van der Waals surface area (Å²) < 4.78 is 38.1. The van der Waals surface area contributed by atoms with Crippen LogP contribution in [0.25, 0.3) is 0 Å². The van der Waals surface area contributed by atoms with Crippen LogP contribution in [0.2, 0.25) is 0 Å². The molecule has 2 heterocycles. The highest BCUT2D eigenvalue weighted by Crippen LogP contribution is 2.35. The van der Waals surface area contributed by atoms with Gasteiger partial charge >= 0.3 is 18.0 Å². The number of halogens is 2. The summed E-state index contributed by atoms with van der Waals surface area (Å²) >= 11 is 0. The predicted octanol–water partition coefficient (Wildman–Crippen LogP) is 4.82. The van der Waals surface area contributed by atoms with E-state index in [1.165, 1.54) is 18.7 Å². The highest BCUT2D eigenvalue weighted by Gasteiger charge is 2.43. The molecular formula is C33H41F2N5O6. The van der Waals surface area contributed by atoms with Gasteiger partial charge in [0.1, 0.15) is 6.04 Å². The zero-order valence-corrected chi connectivity index (χ0v) is 26.4. The van der Waals surface area contributed by atoms with Crippen LogP contribution in [0.5, 0.6) is 0 Å². The second-order valence-corrected chi connectivity index (χ2v) is 11.3. The summed E-state index contributed by atoms with van der Waals surface area (Å²) in [5.41, 5.74) is 1.93. The van der Waals surface area contributed by atoms with Gasteiger partial charge < -0.3 is 30.3 Å². The van der Waals surface area contributed by atoms with Crippen molar-refractivity contribution >= 4 is 29.6 Å². The van der Waals surface area contributed by atoms with E-state index in [-0.39, 0.29) is 35.9 Å². The molecule has 0 saturated carbocycles. The molecule has 1 saturated heterocycles. The number of amides is 5. The van der Waals surface area contributed by atoms with Gasteiger partial charge in [-0.25, -0.2) is 28.1 Å². The Morgan fingerprint density at radius 1 is 1.02 bits per heavy atom. The normalized spacial score (nSPS) is 17.5. The Balaban J connectivity index is 1.36. The van der Waals surface area contributed by atoms with Gasteiger partial charge in [0.2, 0.25) is 5.91 Å². The number of esters is 1. The highest BCUT2D eigenvalue weighted by atomic mass is 19.2. The third-order valence-corrected chi connectivity index (χ3v) is 8.14. The van der Waals surface area contributed by atoms with Gasteiger partial charge in [-0.3, -0.25) is 4.79 Å². The number of piperidine rings is 1. The summed E-state index contributed by atoms with van der Waals surface area (Å²) in [7, 11) is 2.49. The number of nitrogens with zero attached hydrogens (tertiary/aromatic N) is 2. The standard InChI is InChI=1S/C33H41F2N5O6/c1-4-7-28(41)37-24-9-5-8-22(18-24)21-12-16-39(17-13-21)15-6-14-36-32(43)40-30(23-10-11-25(34)26(35)19-23)29(31(42)46-3)27(20-45-2)38-33(40)44/h5,8-11,18-19,21,30H,4,6-7,12-17,20H2,1-3H3,(H,36,43)(H,37,41)(H,38,44)/t30-/m0/s1. The molecule has 0 aromatic heterocycles. The van der Waals surface area contributed by atoms with Crippen molar-refractivity contribution in [1.82, 2.24) is 20.4 Å². The van der Waals surface area contributed by atoms with Crippen LogP contribution in [0, 0.1) is 11.6 Å². The third kappa shape index (κ3) is 8.46. The van der Waals surface area contributed by atoms with Crippen molar-refractivity contribution in [3.05, 3.63) is 76.5 Å². The molecule has 248 valence electrons. The average molecular weight is 642 g/mol. The molecule has 0 radical (unpaired) electrons. The second-order valence-electron chi connectivity index (χ2n) is 11.3. The van der Waals surface area contributed by atoms with Crippen molar-refractivity contribution in [2.75, 3.05) is 52.3 Å². The number of ether oxygens (including phenoxy) is 2. The lowest BCUT2D eigenvalue weighted by Crippen LogP contribution is -2.55. The topological polar surface area (TPSA) is 129 Å². The van der Waals surface area contributed by atoms with Crippen LogP contribution >= 0.6 is 0 Å². The van der Waals surface area contributed by atoms with E-state index in [0.717, 1.165) is 62.2 Å². The van der Waals surface area contributed by atoms with Crippen LogP contribution in [0.1, 0.15) is 62.1 Å². The lowest BCUT2D eigenvalue weighted by Gasteiger charge is -2.36. The Hall–Kier alpha value is -4.36. The van der Waals surface area contributed by atoms with Gasteiger partial charge in [0.25, 0.3) is 0 Å². The molecule has 1 fully saturated rings. The molecule has 2 aromatic rings. The second kappa shape index (κ2) is 16.3. The predicted molar refractivity (Wildman–Crippen MR) is 167 cm³/mol. The van der Waals surface area contributed by atoms with Crippen molar-refractivity contribution in [3.8, 4) is 0 Å². The number of imide groups is 1. The first-order valence-corrected chi connectivity index (χ1v) is 15.4.